The minimum Gasteiger partial charge on any atom is -0.497 e. The number of hydrogen-bond acceptors (Lipinski definition) is 6. The number of rotatable bonds is 6. The summed E-state index contributed by atoms with van der Waals surface area (Å²) in [5, 5.41) is 2.94. The average Bonchev–Trinajstić information content (AvgIpc) is 3.35. The van der Waals surface area contributed by atoms with Crippen molar-refractivity contribution >= 4 is 17.7 Å². The number of ether oxygens (including phenoxy) is 2. The van der Waals surface area contributed by atoms with Crippen molar-refractivity contribution in [3.05, 3.63) is 95.8 Å². The Kier molecular flexibility index (Phi) is 7.37. The van der Waals surface area contributed by atoms with Crippen molar-refractivity contribution in [2.75, 3.05) is 26.8 Å². The van der Waals surface area contributed by atoms with Crippen LogP contribution >= 0.6 is 0 Å². The van der Waals surface area contributed by atoms with Crippen LogP contribution in [0.5, 0.6) is 5.75 Å². The van der Waals surface area contributed by atoms with E-state index in [1.54, 1.807) is 77.8 Å². The Hall–Kier alpha value is -4.24. The first-order chi connectivity index (χ1) is 18.5. The number of nitrogens with zero attached hydrogens (tertiary/aromatic N) is 3. The Balaban J connectivity index is 1.34. The lowest BCUT2D eigenvalue weighted by Crippen LogP contribution is -2.59. The molecule has 1 N–H and O–H groups in total. The predicted molar refractivity (Wildman–Crippen MR) is 139 cm³/mol. The van der Waals surface area contributed by atoms with Gasteiger partial charge in [0.25, 0.3) is 11.8 Å². The van der Waals surface area contributed by atoms with Gasteiger partial charge in [0.05, 0.1) is 13.7 Å². The molecule has 0 bridgehead atoms. The minimum absolute atomic E-state index is 0.0879. The van der Waals surface area contributed by atoms with E-state index < -0.39 is 11.8 Å². The highest BCUT2D eigenvalue weighted by Crippen LogP contribution is 2.39. The molecule has 2 saturated heterocycles. The van der Waals surface area contributed by atoms with Gasteiger partial charge >= 0.3 is 0 Å². The number of nitrogens with one attached hydrogen (secondary N) is 1. The third-order valence-electron chi connectivity index (χ3n) is 7.17. The molecule has 0 unspecified atom stereocenters. The van der Waals surface area contributed by atoms with E-state index >= 15 is 0 Å². The SMILES string of the molecule is COc1cccc(C(=O)N2CCC3(CC2)OC[C@H](C(=O)NCc2ccncc2)N3C(=O)c2ccccc2)c1. The third-order valence-corrected chi connectivity index (χ3v) is 7.17. The number of carbonyl (C=O) groups is 3. The van der Waals surface area contributed by atoms with E-state index in [-0.39, 0.29) is 24.3 Å². The van der Waals surface area contributed by atoms with Crippen LogP contribution in [0.2, 0.25) is 0 Å². The van der Waals surface area contributed by atoms with Crippen molar-refractivity contribution in [1.82, 2.24) is 20.1 Å². The number of likely N-dealkylation sites (tertiary alicyclic amines) is 1. The maximum absolute atomic E-state index is 13.8. The summed E-state index contributed by atoms with van der Waals surface area (Å²) < 4.78 is 11.5. The van der Waals surface area contributed by atoms with Crippen molar-refractivity contribution in [2.24, 2.45) is 0 Å². The van der Waals surface area contributed by atoms with E-state index in [0.29, 0.717) is 49.4 Å². The fourth-order valence-corrected chi connectivity index (χ4v) is 5.09. The van der Waals surface area contributed by atoms with Gasteiger partial charge in [0.1, 0.15) is 17.5 Å². The quantitative estimate of drug-likeness (QED) is 0.543. The molecule has 2 fully saturated rings. The van der Waals surface area contributed by atoms with Crippen molar-refractivity contribution < 1.29 is 23.9 Å². The van der Waals surface area contributed by atoms with Crippen molar-refractivity contribution in [3.63, 3.8) is 0 Å². The molecule has 1 spiro atoms. The molecule has 9 heteroatoms. The first kappa shape index (κ1) is 25.4. The molecule has 38 heavy (non-hydrogen) atoms. The van der Waals surface area contributed by atoms with Gasteiger partial charge in [-0.3, -0.25) is 24.3 Å². The molecule has 0 saturated carbocycles. The minimum atomic E-state index is -0.975. The Morgan fingerprint density at radius 2 is 1.68 bits per heavy atom. The van der Waals surface area contributed by atoms with Crippen LogP contribution in [0.3, 0.4) is 0 Å². The zero-order chi connectivity index (χ0) is 26.5. The lowest BCUT2D eigenvalue weighted by Gasteiger charge is -2.44. The lowest BCUT2D eigenvalue weighted by molar-refractivity contribution is -0.128. The van der Waals surface area contributed by atoms with E-state index in [9.17, 15) is 14.4 Å². The third kappa shape index (κ3) is 5.10. The molecule has 3 aromatic rings. The van der Waals surface area contributed by atoms with Crippen LogP contribution in [-0.4, -0.2) is 71.1 Å². The number of carbonyl (C=O) groups excluding carboxylic acids is 3. The van der Waals surface area contributed by atoms with Gasteiger partial charge in [0.2, 0.25) is 5.91 Å². The van der Waals surface area contributed by atoms with Gasteiger partial charge in [-0.2, -0.15) is 0 Å². The summed E-state index contributed by atoms with van der Waals surface area (Å²) >= 11 is 0. The highest BCUT2D eigenvalue weighted by atomic mass is 16.5. The van der Waals surface area contributed by atoms with Gasteiger partial charge in [0.15, 0.2) is 0 Å². The van der Waals surface area contributed by atoms with Gasteiger partial charge < -0.3 is 19.7 Å². The number of hydrogen-bond donors (Lipinski definition) is 1. The van der Waals surface area contributed by atoms with E-state index in [4.69, 9.17) is 9.47 Å². The summed E-state index contributed by atoms with van der Waals surface area (Å²) in [5.41, 5.74) is 0.959. The van der Waals surface area contributed by atoms with E-state index in [1.807, 2.05) is 18.2 Å². The van der Waals surface area contributed by atoms with Crippen LogP contribution in [0.1, 0.15) is 39.1 Å². The maximum atomic E-state index is 13.8. The van der Waals surface area contributed by atoms with Crippen molar-refractivity contribution in [3.8, 4) is 5.75 Å². The van der Waals surface area contributed by atoms with Gasteiger partial charge in [0, 0.05) is 56.0 Å². The fourth-order valence-electron chi connectivity index (χ4n) is 5.09. The Labute approximate surface area is 221 Å². The number of amides is 3. The first-order valence-corrected chi connectivity index (χ1v) is 12.6. The maximum Gasteiger partial charge on any atom is 0.256 e. The van der Waals surface area contributed by atoms with Crippen LogP contribution in [0.15, 0.2) is 79.1 Å². The first-order valence-electron chi connectivity index (χ1n) is 12.6. The Morgan fingerprint density at radius 3 is 2.39 bits per heavy atom. The van der Waals surface area contributed by atoms with Crippen LogP contribution in [-0.2, 0) is 16.1 Å². The molecule has 3 heterocycles. The van der Waals surface area contributed by atoms with Crippen LogP contribution < -0.4 is 10.1 Å². The highest BCUT2D eigenvalue weighted by Gasteiger charge is 2.54. The summed E-state index contributed by atoms with van der Waals surface area (Å²) in [6.45, 7) is 1.19. The fraction of sp³-hybridized carbons (Fsp3) is 0.310. The zero-order valence-electron chi connectivity index (χ0n) is 21.2. The normalized spacial score (nSPS) is 18.3. The smallest absolute Gasteiger partial charge is 0.256 e. The largest absolute Gasteiger partial charge is 0.497 e. The summed E-state index contributed by atoms with van der Waals surface area (Å²) in [5.74, 6) is -0.0365. The zero-order valence-corrected chi connectivity index (χ0v) is 21.2. The number of methoxy groups -OCH3 is 1. The molecule has 2 aliphatic rings. The molecule has 1 atom stereocenters. The molecular formula is C29H30N4O5. The monoisotopic (exact) mass is 514 g/mol. The number of aromatic nitrogens is 1. The van der Waals surface area contributed by atoms with E-state index in [2.05, 4.69) is 10.3 Å². The molecule has 196 valence electrons. The molecule has 0 radical (unpaired) electrons. The topological polar surface area (TPSA) is 101 Å². The molecule has 3 amide bonds. The molecular weight excluding hydrogens is 484 g/mol. The van der Waals surface area contributed by atoms with Crippen LogP contribution in [0.4, 0.5) is 0 Å². The van der Waals surface area contributed by atoms with Gasteiger partial charge in [-0.1, -0.05) is 24.3 Å². The second kappa shape index (κ2) is 11.0. The van der Waals surface area contributed by atoms with Crippen molar-refractivity contribution in [1.29, 1.82) is 0 Å². The van der Waals surface area contributed by atoms with Gasteiger partial charge in [-0.25, -0.2) is 0 Å². The van der Waals surface area contributed by atoms with Crippen molar-refractivity contribution in [2.45, 2.75) is 31.2 Å². The standard InChI is InChI=1S/C29H30N4O5/c1-37-24-9-5-8-23(18-24)27(35)32-16-12-29(13-17-32)33(28(36)22-6-3-2-4-7-22)25(20-38-29)26(34)31-19-21-10-14-30-15-11-21/h2-11,14-15,18,25H,12-13,16-17,19-20H2,1H3,(H,31,34)/t25-/m1/s1. The predicted octanol–water partition coefficient (Wildman–Crippen LogP) is 2.88. The summed E-state index contributed by atoms with van der Waals surface area (Å²) in [6.07, 6.45) is 4.13. The number of pyridine rings is 1. The van der Waals surface area contributed by atoms with Crippen LogP contribution in [0.25, 0.3) is 0 Å². The Bertz CT molecular complexity index is 1290. The molecule has 9 nitrogen and oxygen atoms in total. The number of benzene rings is 2. The van der Waals surface area contributed by atoms with E-state index in [0.717, 1.165) is 5.56 Å². The second-order valence-corrected chi connectivity index (χ2v) is 9.41. The van der Waals surface area contributed by atoms with Crippen LogP contribution in [0, 0.1) is 0 Å². The molecule has 1 aromatic heterocycles. The molecule has 0 aliphatic carbocycles. The summed E-state index contributed by atoms with van der Waals surface area (Å²) in [6, 6.07) is 18.8. The molecule has 5 rings (SSSR count). The van der Waals surface area contributed by atoms with E-state index in [1.165, 1.54) is 0 Å². The summed E-state index contributed by atoms with van der Waals surface area (Å²) in [7, 11) is 1.56. The molecule has 2 aromatic carbocycles. The summed E-state index contributed by atoms with van der Waals surface area (Å²) in [4.78, 5) is 47.6. The highest BCUT2D eigenvalue weighted by molar-refractivity contribution is 5.98. The van der Waals surface area contributed by atoms with Gasteiger partial charge in [-0.05, 0) is 48.0 Å². The second-order valence-electron chi connectivity index (χ2n) is 9.41. The Morgan fingerprint density at radius 1 is 0.974 bits per heavy atom. The lowest BCUT2D eigenvalue weighted by atomic mass is 9.96. The van der Waals surface area contributed by atoms with Gasteiger partial charge in [-0.15, -0.1) is 0 Å². The average molecular weight is 515 g/mol. The molecule has 2 aliphatic heterocycles. The number of piperidine rings is 1.